The van der Waals surface area contributed by atoms with Crippen LogP contribution in [0.3, 0.4) is 0 Å². The summed E-state index contributed by atoms with van der Waals surface area (Å²) in [4.78, 5) is 7.96. The Morgan fingerprint density at radius 1 is 1.12 bits per heavy atom. The SMILES string of the molecule is OB(O)c1ccc(CSc2ccncn2)cc1. The van der Waals surface area contributed by atoms with Crippen LogP contribution in [0.5, 0.6) is 0 Å². The fraction of sp³-hybridized carbons (Fsp3) is 0.0909. The summed E-state index contributed by atoms with van der Waals surface area (Å²) < 4.78 is 0. The summed E-state index contributed by atoms with van der Waals surface area (Å²) in [6.45, 7) is 0. The third-order valence-corrected chi connectivity index (χ3v) is 3.23. The molecule has 17 heavy (non-hydrogen) atoms. The summed E-state index contributed by atoms with van der Waals surface area (Å²) >= 11 is 1.61. The number of rotatable bonds is 4. The Hall–Kier alpha value is -1.37. The summed E-state index contributed by atoms with van der Waals surface area (Å²) in [6, 6.07) is 9.03. The van der Waals surface area contributed by atoms with Gasteiger partial charge >= 0.3 is 7.12 Å². The van der Waals surface area contributed by atoms with E-state index in [4.69, 9.17) is 10.0 Å². The quantitative estimate of drug-likeness (QED) is 0.465. The second-order valence-electron chi connectivity index (χ2n) is 3.45. The molecule has 2 N–H and O–H groups in total. The van der Waals surface area contributed by atoms with Crippen LogP contribution in [0.2, 0.25) is 0 Å². The molecule has 0 atom stereocenters. The molecule has 0 aliphatic carbocycles. The minimum Gasteiger partial charge on any atom is -0.423 e. The molecule has 4 nitrogen and oxygen atoms in total. The van der Waals surface area contributed by atoms with Gasteiger partial charge in [-0.1, -0.05) is 24.3 Å². The minimum absolute atomic E-state index is 0.501. The topological polar surface area (TPSA) is 66.2 Å². The number of benzene rings is 1. The van der Waals surface area contributed by atoms with Crippen LogP contribution in [0.15, 0.2) is 47.9 Å². The number of hydrogen-bond acceptors (Lipinski definition) is 5. The lowest BCUT2D eigenvalue weighted by Crippen LogP contribution is -2.29. The normalized spacial score (nSPS) is 10.2. The molecule has 0 amide bonds. The summed E-state index contributed by atoms with van der Waals surface area (Å²) in [7, 11) is -1.40. The van der Waals surface area contributed by atoms with E-state index in [-0.39, 0.29) is 0 Å². The first-order valence-electron chi connectivity index (χ1n) is 5.09. The molecule has 2 aromatic rings. The molecule has 1 aromatic carbocycles. The first kappa shape index (κ1) is 12.1. The Morgan fingerprint density at radius 3 is 2.47 bits per heavy atom. The molecule has 0 unspecified atom stereocenters. The molecule has 2 rings (SSSR count). The van der Waals surface area contributed by atoms with Crippen LogP contribution in [-0.4, -0.2) is 27.1 Å². The Labute approximate surface area is 104 Å². The zero-order chi connectivity index (χ0) is 12.1. The number of thioether (sulfide) groups is 1. The molecule has 6 heteroatoms. The van der Waals surface area contributed by atoms with Crippen molar-refractivity contribution >= 4 is 24.3 Å². The number of aromatic nitrogens is 2. The predicted octanol–water partition coefficient (Wildman–Crippen LogP) is 0.449. The molecule has 0 bridgehead atoms. The van der Waals surface area contributed by atoms with Crippen molar-refractivity contribution in [2.75, 3.05) is 0 Å². The van der Waals surface area contributed by atoms with E-state index in [2.05, 4.69) is 9.97 Å². The van der Waals surface area contributed by atoms with Gasteiger partial charge in [-0.2, -0.15) is 0 Å². The first-order chi connectivity index (χ1) is 8.25. The predicted molar refractivity (Wildman–Crippen MR) is 67.9 cm³/mol. The van der Waals surface area contributed by atoms with Gasteiger partial charge < -0.3 is 10.0 Å². The molecule has 0 saturated carbocycles. The maximum absolute atomic E-state index is 8.96. The summed E-state index contributed by atoms with van der Waals surface area (Å²) in [6.07, 6.45) is 3.23. The monoisotopic (exact) mass is 246 g/mol. The lowest BCUT2D eigenvalue weighted by Gasteiger charge is -2.03. The molecule has 0 aliphatic rings. The van der Waals surface area contributed by atoms with Gasteiger partial charge in [0.1, 0.15) is 6.33 Å². The summed E-state index contributed by atoms with van der Waals surface area (Å²) in [5, 5.41) is 18.8. The molecule has 0 saturated heterocycles. The molecular weight excluding hydrogens is 235 g/mol. The molecule has 0 spiro atoms. The van der Waals surface area contributed by atoms with Gasteiger partial charge in [0, 0.05) is 11.9 Å². The van der Waals surface area contributed by atoms with Crippen LogP contribution < -0.4 is 5.46 Å². The zero-order valence-electron chi connectivity index (χ0n) is 9.02. The molecule has 0 fully saturated rings. The highest BCUT2D eigenvalue weighted by molar-refractivity contribution is 7.98. The Balaban J connectivity index is 1.96. The number of nitrogens with zero attached hydrogens (tertiary/aromatic N) is 2. The Morgan fingerprint density at radius 2 is 1.88 bits per heavy atom. The van der Waals surface area contributed by atoms with Crippen molar-refractivity contribution in [3.05, 3.63) is 48.4 Å². The van der Waals surface area contributed by atoms with Gasteiger partial charge in [-0.05, 0) is 17.1 Å². The van der Waals surface area contributed by atoms with Crippen molar-refractivity contribution in [2.45, 2.75) is 10.8 Å². The van der Waals surface area contributed by atoms with Crippen LogP contribution in [0.1, 0.15) is 5.56 Å². The summed E-state index contributed by atoms with van der Waals surface area (Å²) in [5.41, 5.74) is 1.61. The van der Waals surface area contributed by atoms with Gasteiger partial charge in [-0.15, -0.1) is 11.8 Å². The highest BCUT2D eigenvalue weighted by Crippen LogP contribution is 2.19. The molecule has 1 aromatic heterocycles. The van der Waals surface area contributed by atoms with E-state index in [1.807, 2.05) is 18.2 Å². The molecule has 0 aliphatic heterocycles. The van der Waals surface area contributed by atoms with E-state index in [1.165, 1.54) is 6.33 Å². The van der Waals surface area contributed by atoms with Gasteiger partial charge in [0.05, 0.1) is 5.03 Å². The maximum Gasteiger partial charge on any atom is 0.488 e. The van der Waals surface area contributed by atoms with Crippen molar-refractivity contribution in [1.29, 1.82) is 0 Å². The van der Waals surface area contributed by atoms with E-state index in [0.29, 0.717) is 5.46 Å². The highest BCUT2D eigenvalue weighted by atomic mass is 32.2. The fourth-order valence-electron chi connectivity index (χ4n) is 1.31. The smallest absolute Gasteiger partial charge is 0.423 e. The van der Waals surface area contributed by atoms with Crippen molar-refractivity contribution in [1.82, 2.24) is 9.97 Å². The van der Waals surface area contributed by atoms with Gasteiger partial charge in [-0.25, -0.2) is 9.97 Å². The molecular formula is C11H11BN2O2S. The lowest BCUT2D eigenvalue weighted by molar-refractivity contribution is 0.426. The fourth-order valence-corrected chi connectivity index (χ4v) is 2.09. The van der Waals surface area contributed by atoms with E-state index in [0.717, 1.165) is 16.3 Å². The van der Waals surface area contributed by atoms with Gasteiger partial charge in [0.15, 0.2) is 0 Å². The Bertz CT molecular complexity index is 465. The summed E-state index contributed by atoms with van der Waals surface area (Å²) in [5.74, 6) is 0.790. The van der Waals surface area contributed by atoms with E-state index in [9.17, 15) is 0 Å². The lowest BCUT2D eigenvalue weighted by atomic mass is 9.80. The van der Waals surface area contributed by atoms with Gasteiger partial charge in [0.2, 0.25) is 0 Å². The minimum atomic E-state index is -1.40. The third-order valence-electron chi connectivity index (χ3n) is 2.22. The second-order valence-corrected chi connectivity index (χ2v) is 4.45. The van der Waals surface area contributed by atoms with Crippen molar-refractivity contribution < 1.29 is 10.0 Å². The van der Waals surface area contributed by atoms with Crippen LogP contribution in [0, 0.1) is 0 Å². The van der Waals surface area contributed by atoms with Crippen LogP contribution in [0.4, 0.5) is 0 Å². The van der Waals surface area contributed by atoms with E-state index >= 15 is 0 Å². The standard InChI is InChI=1S/C11H11BN2O2S/c15-12(16)10-3-1-9(2-4-10)7-17-11-5-6-13-8-14-11/h1-6,8,15-16H,7H2. The van der Waals surface area contributed by atoms with Crippen molar-refractivity contribution in [3.63, 3.8) is 0 Å². The highest BCUT2D eigenvalue weighted by Gasteiger charge is 2.09. The van der Waals surface area contributed by atoms with Crippen LogP contribution in [-0.2, 0) is 5.75 Å². The van der Waals surface area contributed by atoms with Crippen LogP contribution in [0.25, 0.3) is 0 Å². The van der Waals surface area contributed by atoms with Crippen molar-refractivity contribution in [3.8, 4) is 0 Å². The van der Waals surface area contributed by atoms with Gasteiger partial charge in [0.25, 0.3) is 0 Å². The van der Waals surface area contributed by atoms with Gasteiger partial charge in [-0.3, -0.25) is 0 Å². The zero-order valence-corrected chi connectivity index (χ0v) is 9.84. The number of hydrogen-bond donors (Lipinski definition) is 2. The van der Waals surface area contributed by atoms with E-state index in [1.54, 1.807) is 30.1 Å². The first-order valence-corrected chi connectivity index (χ1v) is 6.08. The largest absolute Gasteiger partial charge is 0.488 e. The average molecular weight is 246 g/mol. The maximum atomic E-state index is 8.96. The molecule has 0 radical (unpaired) electrons. The average Bonchev–Trinajstić information content (AvgIpc) is 2.38. The second kappa shape index (κ2) is 5.81. The Kier molecular flexibility index (Phi) is 4.14. The van der Waals surface area contributed by atoms with E-state index < -0.39 is 7.12 Å². The molecule has 86 valence electrons. The molecule has 1 heterocycles. The van der Waals surface area contributed by atoms with Crippen LogP contribution >= 0.6 is 11.8 Å². The third kappa shape index (κ3) is 3.56. The van der Waals surface area contributed by atoms with Crippen molar-refractivity contribution in [2.24, 2.45) is 0 Å².